The molecule has 3 aromatic rings. The Morgan fingerprint density at radius 2 is 1.65 bits per heavy atom. The van der Waals surface area contributed by atoms with Crippen molar-refractivity contribution in [3.63, 3.8) is 0 Å². The molecule has 0 spiro atoms. The molecule has 0 amide bonds. The lowest BCUT2D eigenvalue weighted by Crippen LogP contribution is -2.35. The van der Waals surface area contributed by atoms with Gasteiger partial charge in [0.05, 0.1) is 21.2 Å². The Bertz CT molecular complexity index is 1340. The van der Waals surface area contributed by atoms with Crippen LogP contribution in [0.5, 0.6) is 0 Å². The van der Waals surface area contributed by atoms with Gasteiger partial charge in [-0.05, 0) is 67.3 Å². The lowest BCUT2D eigenvalue weighted by atomic mass is 10.0. The SMILES string of the molecule is Cc1ccc(S(=O)(=O)Nc2ccc3c(c2)N(S(=O)(=O)c2ccccc2)CCC3)cc1Cl. The Kier molecular flexibility index (Phi) is 5.72. The van der Waals surface area contributed by atoms with Crippen LogP contribution in [0.2, 0.25) is 5.02 Å². The number of hydrogen-bond acceptors (Lipinski definition) is 4. The zero-order valence-electron chi connectivity index (χ0n) is 16.7. The van der Waals surface area contributed by atoms with Crippen LogP contribution in [0.15, 0.2) is 76.5 Å². The molecule has 0 fully saturated rings. The average Bonchev–Trinajstić information content (AvgIpc) is 2.75. The lowest BCUT2D eigenvalue weighted by Gasteiger charge is -2.31. The second-order valence-electron chi connectivity index (χ2n) is 7.35. The van der Waals surface area contributed by atoms with Gasteiger partial charge in [0.2, 0.25) is 0 Å². The van der Waals surface area contributed by atoms with E-state index in [1.807, 2.05) is 0 Å². The van der Waals surface area contributed by atoms with Gasteiger partial charge in [0.25, 0.3) is 20.0 Å². The summed E-state index contributed by atoms with van der Waals surface area (Å²) in [5, 5.41) is 0.355. The van der Waals surface area contributed by atoms with Crippen LogP contribution in [-0.4, -0.2) is 23.4 Å². The van der Waals surface area contributed by atoms with Crippen molar-refractivity contribution in [1.82, 2.24) is 0 Å². The van der Waals surface area contributed by atoms with E-state index in [1.54, 1.807) is 61.5 Å². The fourth-order valence-corrected chi connectivity index (χ4v) is 6.40. The number of fused-ring (bicyclic) bond motifs is 1. The molecule has 0 aromatic heterocycles. The third-order valence-electron chi connectivity index (χ3n) is 5.20. The summed E-state index contributed by atoms with van der Waals surface area (Å²) in [6, 6.07) is 17.7. The highest BCUT2D eigenvalue weighted by Gasteiger charge is 2.29. The first-order valence-electron chi connectivity index (χ1n) is 9.68. The molecule has 9 heteroatoms. The number of sulfonamides is 2. The fourth-order valence-electron chi connectivity index (χ4n) is 3.53. The Morgan fingerprint density at radius 3 is 2.35 bits per heavy atom. The van der Waals surface area contributed by atoms with E-state index in [0.717, 1.165) is 17.5 Å². The standard InChI is InChI=1S/C22H21ClN2O4S2/c1-16-9-12-20(15-21(16)23)30(26,27)24-18-11-10-17-6-5-13-25(22(17)14-18)31(28,29)19-7-3-2-4-8-19/h2-4,7-12,14-15,24H,5-6,13H2,1H3. The minimum atomic E-state index is -3.89. The molecule has 3 aromatic carbocycles. The van der Waals surface area contributed by atoms with E-state index in [-0.39, 0.29) is 15.5 Å². The summed E-state index contributed by atoms with van der Waals surface area (Å²) in [7, 11) is -7.65. The number of benzene rings is 3. The summed E-state index contributed by atoms with van der Waals surface area (Å²) in [6.45, 7) is 2.12. The highest BCUT2D eigenvalue weighted by Crippen LogP contribution is 2.35. The van der Waals surface area contributed by atoms with E-state index in [2.05, 4.69) is 4.72 Å². The summed E-state index contributed by atoms with van der Waals surface area (Å²) in [6.07, 6.45) is 1.41. The quantitative estimate of drug-likeness (QED) is 0.583. The monoisotopic (exact) mass is 476 g/mol. The third-order valence-corrected chi connectivity index (χ3v) is 8.81. The molecule has 0 saturated carbocycles. The van der Waals surface area contributed by atoms with Crippen molar-refractivity contribution in [3.8, 4) is 0 Å². The number of rotatable bonds is 5. The van der Waals surface area contributed by atoms with Crippen molar-refractivity contribution in [2.75, 3.05) is 15.6 Å². The second kappa shape index (κ2) is 8.18. The van der Waals surface area contributed by atoms with Gasteiger partial charge in [-0.1, -0.05) is 41.9 Å². The molecule has 0 radical (unpaired) electrons. The van der Waals surface area contributed by atoms with Crippen molar-refractivity contribution in [1.29, 1.82) is 0 Å². The Balaban J connectivity index is 1.70. The molecular formula is C22H21ClN2O4S2. The van der Waals surface area contributed by atoms with Crippen molar-refractivity contribution >= 4 is 43.0 Å². The van der Waals surface area contributed by atoms with Crippen LogP contribution in [0.4, 0.5) is 11.4 Å². The average molecular weight is 477 g/mol. The van der Waals surface area contributed by atoms with Crippen LogP contribution in [0.3, 0.4) is 0 Å². The second-order valence-corrected chi connectivity index (χ2v) is 11.3. The molecule has 0 aliphatic carbocycles. The lowest BCUT2D eigenvalue weighted by molar-refractivity contribution is 0.586. The minimum Gasteiger partial charge on any atom is -0.280 e. The van der Waals surface area contributed by atoms with Crippen LogP contribution in [-0.2, 0) is 26.5 Å². The van der Waals surface area contributed by atoms with Crippen molar-refractivity contribution in [2.24, 2.45) is 0 Å². The molecular weight excluding hydrogens is 456 g/mol. The van der Waals surface area contributed by atoms with Crippen molar-refractivity contribution in [3.05, 3.63) is 82.9 Å². The molecule has 4 rings (SSSR count). The predicted molar refractivity (Wildman–Crippen MR) is 123 cm³/mol. The summed E-state index contributed by atoms with van der Waals surface area (Å²) in [5.41, 5.74) is 2.39. The number of nitrogens with one attached hydrogen (secondary N) is 1. The van der Waals surface area contributed by atoms with Crippen LogP contribution in [0.25, 0.3) is 0 Å². The van der Waals surface area contributed by atoms with Crippen molar-refractivity contribution < 1.29 is 16.8 Å². The summed E-state index contributed by atoms with van der Waals surface area (Å²) >= 11 is 6.08. The maximum atomic E-state index is 13.2. The Hall–Kier alpha value is -2.55. The fraction of sp³-hybridized carbons (Fsp3) is 0.182. The summed E-state index contributed by atoms with van der Waals surface area (Å²) < 4.78 is 56.0. The van der Waals surface area contributed by atoms with Gasteiger partial charge >= 0.3 is 0 Å². The summed E-state index contributed by atoms with van der Waals surface area (Å²) in [5.74, 6) is 0. The largest absolute Gasteiger partial charge is 0.280 e. The smallest absolute Gasteiger partial charge is 0.264 e. The number of halogens is 1. The van der Waals surface area contributed by atoms with Crippen LogP contribution in [0.1, 0.15) is 17.5 Å². The maximum absolute atomic E-state index is 13.2. The maximum Gasteiger partial charge on any atom is 0.264 e. The van der Waals surface area contributed by atoms with Gasteiger partial charge in [-0.2, -0.15) is 0 Å². The van der Waals surface area contributed by atoms with E-state index in [1.165, 1.54) is 16.4 Å². The van der Waals surface area contributed by atoms with Gasteiger partial charge in [0.15, 0.2) is 0 Å². The zero-order chi connectivity index (χ0) is 22.2. The number of aryl methyl sites for hydroxylation is 2. The number of anilines is 2. The molecule has 162 valence electrons. The first-order chi connectivity index (χ1) is 14.7. The molecule has 0 bridgehead atoms. The van der Waals surface area contributed by atoms with E-state index < -0.39 is 20.0 Å². The number of hydrogen-bond donors (Lipinski definition) is 1. The molecule has 0 atom stereocenters. The minimum absolute atomic E-state index is 0.0367. The molecule has 31 heavy (non-hydrogen) atoms. The van der Waals surface area contributed by atoms with Gasteiger partial charge in [0, 0.05) is 11.6 Å². The van der Waals surface area contributed by atoms with E-state index >= 15 is 0 Å². The normalized spacial score (nSPS) is 14.2. The van der Waals surface area contributed by atoms with Crippen LogP contribution < -0.4 is 9.03 Å². The van der Waals surface area contributed by atoms with E-state index in [0.29, 0.717) is 23.7 Å². The highest BCUT2D eigenvalue weighted by molar-refractivity contribution is 7.93. The topological polar surface area (TPSA) is 83.6 Å². The first-order valence-corrected chi connectivity index (χ1v) is 13.0. The van der Waals surface area contributed by atoms with Gasteiger partial charge in [0.1, 0.15) is 0 Å². The molecule has 1 aliphatic rings. The van der Waals surface area contributed by atoms with Crippen LogP contribution in [0, 0.1) is 6.92 Å². The Morgan fingerprint density at radius 1 is 0.903 bits per heavy atom. The molecule has 0 unspecified atom stereocenters. The summed E-state index contributed by atoms with van der Waals surface area (Å²) in [4.78, 5) is 0.234. The molecule has 1 N–H and O–H groups in total. The third kappa shape index (κ3) is 4.28. The molecule has 1 aliphatic heterocycles. The first kappa shape index (κ1) is 21.7. The van der Waals surface area contributed by atoms with Crippen LogP contribution >= 0.6 is 11.6 Å². The van der Waals surface area contributed by atoms with Gasteiger partial charge in [-0.25, -0.2) is 16.8 Å². The molecule has 6 nitrogen and oxygen atoms in total. The van der Waals surface area contributed by atoms with Gasteiger partial charge in [-0.3, -0.25) is 9.03 Å². The van der Waals surface area contributed by atoms with Crippen molar-refractivity contribution in [2.45, 2.75) is 29.6 Å². The van der Waals surface area contributed by atoms with Gasteiger partial charge < -0.3 is 0 Å². The zero-order valence-corrected chi connectivity index (χ0v) is 19.1. The Labute approximate surface area is 187 Å². The number of nitrogens with zero attached hydrogens (tertiary/aromatic N) is 1. The molecule has 1 heterocycles. The highest BCUT2D eigenvalue weighted by atomic mass is 35.5. The van der Waals surface area contributed by atoms with E-state index in [4.69, 9.17) is 11.6 Å². The molecule has 0 saturated heterocycles. The van der Waals surface area contributed by atoms with Gasteiger partial charge in [-0.15, -0.1) is 0 Å². The van der Waals surface area contributed by atoms with E-state index in [9.17, 15) is 16.8 Å². The predicted octanol–water partition coefficient (Wildman–Crippen LogP) is 4.59.